The molecule has 0 rings (SSSR count). The van der Waals surface area contributed by atoms with Crippen molar-refractivity contribution in [3.63, 3.8) is 0 Å². The Balaban J connectivity index is 4.65. The summed E-state index contributed by atoms with van der Waals surface area (Å²) in [6.45, 7) is 7.75. The second-order valence-electron chi connectivity index (χ2n) is 5.13. The third-order valence-corrected chi connectivity index (χ3v) is 3.41. The van der Waals surface area contributed by atoms with Crippen LogP contribution >= 0.6 is 0 Å². The SMILES string of the molecule is CCCC(C)C(C)C(CC(=O)O)NC(=O)[C@H](C)N. The van der Waals surface area contributed by atoms with E-state index in [2.05, 4.69) is 19.2 Å². The Morgan fingerprint density at radius 2 is 1.83 bits per heavy atom. The molecule has 5 heteroatoms. The second kappa shape index (κ2) is 8.08. The number of carbonyl (C=O) groups excluding carboxylic acids is 1. The van der Waals surface area contributed by atoms with Crippen LogP contribution in [0.5, 0.6) is 0 Å². The van der Waals surface area contributed by atoms with E-state index in [9.17, 15) is 9.59 Å². The summed E-state index contributed by atoms with van der Waals surface area (Å²) in [4.78, 5) is 22.5. The Morgan fingerprint density at radius 1 is 1.28 bits per heavy atom. The highest BCUT2D eigenvalue weighted by Crippen LogP contribution is 2.22. The standard InChI is InChI=1S/C13H26N2O3/c1-5-6-8(2)9(3)11(7-12(16)17)15-13(18)10(4)14/h8-11H,5-7,14H2,1-4H3,(H,15,18)(H,16,17)/t8?,9?,10-,11?/m0/s1. The van der Waals surface area contributed by atoms with Crippen molar-refractivity contribution in [3.8, 4) is 0 Å². The van der Waals surface area contributed by atoms with E-state index in [1.54, 1.807) is 6.92 Å². The Labute approximate surface area is 109 Å². The largest absolute Gasteiger partial charge is 0.481 e. The van der Waals surface area contributed by atoms with Crippen molar-refractivity contribution in [2.75, 3.05) is 0 Å². The van der Waals surface area contributed by atoms with Crippen LogP contribution in [0.1, 0.15) is 47.0 Å². The quantitative estimate of drug-likeness (QED) is 0.613. The summed E-state index contributed by atoms with van der Waals surface area (Å²) in [5.41, 5.74) is 5.49. The van der Waals surface area contributed by atoms with E-state index in [0.717, 1.165) is 12.8 Å². The normalized spacial score (nSPS) is 17.6. The van der Waals surface area contributed by atoms with Gasteiger partial charge in [0.05, 0.1) is 12.5 Å². The maximum atomic E-state index is 11.6. The summed E-state index contributed by atoms with van der Waals surface area (Å²) in [7, 11) is 0. The fourth-order valence-corrected chi connectivity index (χ4v) is 1.99. The van der Waals surface area contributed by atoms with Gasteiger partial charge in [-0.2, -0.15) is 0 Å². The zero-order valence-corrected chi connectivity index (χ0v) is 11.8. The summed E-state index contributed by atoms with van der Waals surface area (Å²) in [5, 5.41) is 11.7. The Kier molecular flexibility index (Phi) is 7.59. The van der Waals surface area contributed by atoms with Crippen molar-refractivity contribution >= 4 is 11.9 Å². The number of rotatable bonds is 8. The molecule has 0 bridgehead atoms. The molecule has 0 saturated heterocycles. The van der Waals surface area contributed by atoms with Crippen molar-refractivity contribution in [2.24, 2.45) is 17.6 Å². The summed E-state index contributed by atoms with van der Waals surface area (Å²) in [5.74, 6) is -0.714. The fraction of sp³-hybridized carbons (Fsp3) is 0.846. The van der Waals surface area contributed by atoms with Crippen LogP contribution in [0.3, 0.4) is 0 Å². The van der Waals surface area contributed by atoms with Gasteiger partial charge in [0.2, 0.25) is 5.91 Å². The molecular weight excluding hydrogens is 232 g/mol. The van der Waals surface area contributed by atoms with E-state index in [1.165, 1.54) is 0 Å². The molecule has 0 fully saturated rings. The summed E-state index contributed by atoms with van der Waals surface area (Å²) in [6.07, 6.45) is 2.01. The van der Waals surface area contributed by atoms with Crippen LogP contribution in [0.25, 0.3) is 0 Å². The number of carbonyl (C=O) groups is 2. The molecule has 4 N–H and O–H groups in total. The molecule has 0 spiro atoms. The number of nitrogens with two attached hydrogens (primary N) is 1. The van der Waals surface area contributed by atoms with E-state index >= 15 is 0 Å². The Bertz CT molecular complexity index is 279. The van der Waals surface area contributed by atoms with Gasteiger partial charge < -0.3 is 16.2 Å². The van der Waals surface area contributed by atoms with Gasteiger partial charge >= 0.3 is 5.97 Å². The molecular formula is C13H26N2O3. The lowest BCUT2D eigenvalue weighted by Crippen LogP contribution is -2.48. The van der Waals surface area contributed by atoms with Crippen LogP contribution in [0.15, 0.2) is 0 Å². The van der Waals surface area contributed by atoms with Crippen molar-refractivity contribution in [3.05, 3.63) is 0 Å². The molecule has 0 aliphatic carbocycles. The van der Waals surface area contributed by atoms with Crippen LogP contribution in [0.4, 0.5) is 0 Å². The molecule has 5 nitrogen and oxygen atoms in total. The number of carboxylic acid groups (broad SMARTS) is 1. The topological polar surface area (TPSA) is 92.4 Å². The van der Waals surface area contributed by atoms with Crippen LogP contribution in [0.2, 0.25) is 0 Å². The molecule has 0 aliphatic heterocycles. The molecule has 3 unspecified atom stereocenters. The van der Waals surface area contributed by atoms with E-state index in [0.29, 0.717) is 5.92 Å². The maximum Gasteiger partial charge on any atom is 0.305 e. The first-order valence-corrected chi connectivity index (χ1v) is 6.57. The van der Waals surface area contributed by atoms with E-state index in [1.807, 2.05) is 6.92 Å². The number of nitrogens with one attached hydrogen (secondary N) is 1. The molecule has 0 saturated carbocycles. The highest BCUT2D eigenvalue weighted by atomic mass is 16.4. The van der Waals surface area contributed by atoms with Gasteiger partial charge in [0.15, 0.2) is 0 Å². The minimum Gasteiger partial charge on any atom is -0.481 e. The fourth-order valence-electron chi connectivity index (χ4n) is 1.99. The van der Waals surface area contributed by atoms with E-state index in [-0.39, 0.29) is 24.3 Å². The van der Waals surface area contributed by atoms with Crippen LogP contribution in [-0.2, 0) is 9.59 Å². The number of amides is 1. The molecule has 18 heavy (non-hydrogen) atoms. The first-order valence-electron chi connectivity index (χ1n) is 6.57. The third-order valence-electron chi connectivity index (χ3n) is 3.41. The van der Waals surface area contributed by atoms with Crippen LogP contribution in [0, 0.1) is 11.8 Å². The van der Waals surface area contributed by atoms with Gasteiger partial charge in [0.25, 0.3) is 0 Å². The van der Waals surface area contributed by atoms with Crippen LogP contribution < -0.4 is 11.1 Å². The molecule has 0 aromatic rings. The van der Waals surface area contributed by atoms with Crippen molar-refractivity contribution in [2.45, 2.75) is 59.0 Å². The van der Waals surface area contributed by atoms with E-state index < -0.39 is 12.0 Å². The third kappa shape index (κ3) is 6.00. The zero-order valence-electron chi connectivity index (χ0n) is 11.8. The molecule has 0 heterocycles. The van der Waals surface area contributed by atoms with Gasteiger partial charge in [-0.05, 0) is 18.8 Å². The minimum atomic E-state index is -0.902. The zero-order chi connectivity index (χ0) is 14.3. The molecule has 4 atom stereocenters. The number of hydrogen-bond acceptors (Lipinski definition) is 3. The summed E-state index contributed by atoms with van der Waals surface area (Å²) < 4.78 is 0. The summed E-state index contributed by atoms with van der Waals surface area (Å²) >= 11 is 0. The minimum absolute atomic E-state index is 0.0618. The smallest absolute Gasteiger partial charge is 0.305 e. The second-order valence-corrected chi connectivity index (χ2v) is 5.13. The predicted octanol–water partition coefficient (Wildman–Crippen LogP) is 1.37. The van der Waals surface area contributed by atoms with Crippen molar-refractivity contribution in [1.29, 1.82) is 0 Å². The molecule has 0 aromatic carbocycles. The molecule has 0 radical (unpaired) electrons. The Morgan fingerprint density at radius 3 is 2.22 bits per heavy atom. The molecule has 1 amide bonds. The lowest BCUT2D eigenvalue weighted by Gasteiger charge is -2.29. The lowest BCUT2D eigenvalue weighted by molar-refractivity contribution is -0.138. The van der Waals surface area contributed by atoms with Crippen molar-refractivity contribution < 1.29 is 14.7 Å². The summed E-state index contributed by atoms with van der Waals surface area (Å²) in [6, 6.07) is -0.975. The van der Waals surface area contributed by atoms with Gasteiger partial charge in [0, 0.05) is 6.04 Å². The maximum absolute atomic E-state index is 11.6. The van der Waals surface area contributed by atoms with Crippen LogP contribution in [-0.4, -0.2) is 29.1 Å². The first kappa shape index (κ1) is 16.9. The average molecular weight is 258 g/mol. The predicted molar refractivity (Wildman–Crippen MR) is 71.1 cm³/mol. The van der Waals surface area contributed by atoms with Crippen molar-refractivity contribution in [1.82, 2.24) is 5.32 Å². The average Bonchev–Trinajstić information content (AvgIpc) is 2.26. The number of aliphatic carboxylic acids is 1. The highest BCUT2D eigenvalue weighted by Gasteiger charge is 2.26. The van der Waals surface area contributed by atoms with Gasteiger partial charge in [-0.1, -0.05) is 33.6 Å². The Hall–Kier alpha value is -1.10. The van der Waals surface area contributed by atoms with E-state index in [4.69, 9.17) is 10.8 Å². The monoisotopic (exact) mass is 258 g/mol. The molecule has 0 aromatic heterocycles. The van der Waals surface area contributed by atoms with Gasteiger partial charge in [-0.25, -0.2) is 0 Å². The number of carboxylic acids is 1. The van der Waals surface area contributed by atoms with Gasteiger partial charge in [-0.15, -0.1) is 0 Å². The lowest BCUT2D eigenvalue weighted by atomic mass is 9.84. The highest BCUT2D eigenvalue weighted by molar-refractivity contribution is 5.82. The molecule has 106 valence electrons. The first-order chi connectivity index (χ1) is 8.29. The number of hydrogen-bond donors (Lipinski definition) is 3. The van der Waals surface area contributed by atoms with Gasteiger partial charge in [0.1, 0.15) is 0 Å². The molecule has 0 aliphatic rings. The van der Waals surface area contributed by atoms with Gasteiger partial charge in [-0.3, -0.25) is 9.59 Å².